The van der Waals surface area contributed by atoms with Crippen molar-refractivity contribution < 1.29 is 9.18 Å². The maximum absolute atomic E-state index is 13.4. The van der Waals surface area contributed by atoms with E-state index in [0.29, 0.717) is 18.5 Å². The Labute approximate surface area is 125 Å². The van der Waals surface area contributed by atoms with Crippen LogP contribution in [0.1, 0.15) is 17.7 Å². The van der Waals surface area contributed by atoms with Crippen molar-refractivity contribution in [1.29, 1.82) is 0 Å². The van der Waals surface area contributed by atoms with Gasteiger partial charge >= 0.3 is 0 Å². The largest absolute Gasteiger partial charge is 0.350 e. The zero-order valence-electron chi connectivity index (χ0n) is 11.3. The molecule has 1 amide bonds. The molecule has 0 unspecified atom stereocenters. The fourth-order valence-electron chi connectivity index (χ4n) is 2.09. The summed E-state index contributed by atoms with van der Waals surface area (Å²) < 4.78 is 15.4. The SMILES string of the molecule is O=C(CCc1ccccc1F)NCc1cn2ccsc2n1. The van der Waals surface area contributed by atoms with Gasteiger partial charge in [0.1, 0.15) is 5.82 Å². The molecule has 0 bridgehead atoms. The Kier molecular flexibility index (Phi) is 3.96. The number of hydrogen-bond donors (Lipinski definition) is 1. The number of amides is 1. The van der Waals surface area contributed by atoms with Crippen molar-refractivity contribution in [3.05, 3.63) is 59.1 Å². The van der Waals surface area contributed by atoms with Crippen molar-refractivity contribution >= 4 is 22.2 Å². The van der Waals surface area contributed by atoms with Crippen molar-refractivity contribution in [2.24, 2.45) is 0 Å². The van der Waals surface area contributed by atoms with Gasteiger partial charge < -0.3 is 5.32 Å². The van der Waals surface area contributed by atoms with Gasteiger partial charge in [-0.1, -0.05) is 18.2 Å². The molecule has 0 aliphatic rings. The first kappa shape index (κ1) is 13.8. The van der Waals surface area contributed by atoms with Crippen molar-refractivity contribution in [3.8, 4) is 0 Å². The van der Waals surface area contributed by atoms with Gasteiger partial charge in [0.15, 0.2) is 4.96 Å². The zero-order valence-corrected chi connectivity index (χ0v) is 12.1. The fraction of sp³-hybridized carbons (Fsp3) is 0.200. The van der Waals surface area contributed by atoms with Crippen molar-refractivity contribution in [2.45, 2.75) is 19.4 Å². The summed E-state index contributed by atoms with van der Waals surface area (Å²) >= 11 is 1.55. The summed E-state index contributed by atoms with van der Waals surface area (Å²) in [5.41, 5.74) is 1.39. The van der Waals surface area contributed by atoms with E-state index in [2.05, 4.69) is 10.3 Å². The number of rotatable bonds is 5. The molecule has 2 aromatic heterocycles. The number of nitrogens with zero attached hydrogens (tertiary/aromatic N) is 2. The summed E-state index contributed by atoms with van der Waals surface area (Å²) in [7, 11) is 0. The topological polar surface area (TPSA) is 46.4 Å². The van der Waals surface area contributed by atoms with Gasteiger partial charge in [0, 0.05) is 24.2 Å². The number of hydrogen-bond acceptors (Lipinski definition) is 3. The molecule has 21 heavy (non-hydrogen) atoms. The summed E-state index contributed by atoms with van der Waals surface area (Å²) in [4.78, 5) is 17.1. The molecule has 0 saturated heterocycles. The Morgan fingerprint density at radius 1 is 1.38 bits per heavy atom. The second kappa shape index (κ2) is 6.05. The van der Waals surface area contributed by atoms with Crippen LogP contribution in [0.2, 0.25) is 0 Å². The van der Waals surface area contributed by atoms with Crippen LogP contribution < -0.4 is 5.32 Å². The van der Waals surface area contributed by atoms with E-state index in [1.807, 2.05) is 22.2 Å². The van der Waals surface area contributed by atoms with Crippen LogP contribution in [0.3, 0.4) is 0 Å². The number of aromatic nitrogens is 2. The number of carbonyl (C=O) groups is 1. The number of fused-ring (bicyclic) bond motifs is 1. The second-order valence-electron chi connectivity index (χ2n) is 4.69. The summed E-state index contributed by atoms with van der Waals surface area (Å²) in [5, 5.41) is 4.76. The van der Waals surface area contributed by atoms with Crippen LogP contribution in [-0.2, 0) is 17.8 Å². The average molecular weight is 303 g/mol. The molecule has 0 spiro atoms. The smallest absolute Gasteiger partial charge is 0.220 e. The maximum Gasteiger partial charge on any atom is 0.220 e. The summed E-state index contributed by atoms with van der Waals surface area (Å²) in [6.07, 6.45) is 4.49. The van der Waals surface area contributed by atoms with Crippen LogP contribution in [0.15, 0.2) is 42.0 Å². The van der Waals surface area contributed by atoms with Crippen molar-refractivity contribution in [1.82, 2.24) is 14.7 Å². The molecule has 1 aromatic carbocycles. The van der Waals surface area contributed by atoms with Gasteiger partial charge in [0.05, 0.1) is 12.2 Å². The lowest BCUT2D eigenvalue weighted by molar-refractivity contribution is -0.121. The number of thiazole rings is 1. The normalized spacial score (nSPS) is 10.9. The lowest BCUT2D eigenvalue weighted by Crippen LogP contribution is -2.23. The second-order valence-corrected chi connectivity index (χ2v) is 5.57. The van der Waals surface area contributed by atoms with Crippen molar-refractivity contribution in [2.75, 3.05) is 0 Å². The van der Waals surface area contributed by atoms with Gasteiger partial charge in [0.25, 0.3) is 0 Å². The molecule has 0 aliphatic heterocycles. The first-order chi connectivity index (χ1) is 10.2. The molecule has 1 N–H and O–H groups in total. The number of halogens is 1. The Hall–Kier alpha value is -2.21. The van der Waals surface area contributed by atoms with Gasteiger partial charge in [-0.3, -0.25) is 9.20 Å². The monoisotopic (exact) mass is 303 g/mol. The minimum Gasteiger partial charge on any atom is -0.350 e. The minimum atomic E-state index is -0.264. The highest BCUT2D eigenvalue weighted by Crippen LogP contribution is 2.11. The van der Waals surface area contributed by atoms with E-state index in [0.717, 1.165) is 10.7 Å². The Morgan fingerprint density at radius 2 is 2.24 bits per heavy atom. The first-order valence-electron chi connectivity index (χ1n) is 6.63. The van der Waals surface area contributed by atoms with Crippen LogP contribution in [0.25, 0.3) is 4.96 Å². The highest BCUT2D eigenvalue weighted by Gasteiger charge is 2.07. The zero-order chi connectivity index (χ0) is 14.7. The maximum atomic E-state index is 13.4. The molecule has 108 valence electrons. The van der Waals surface area contributed by atoms with E-state index < -0.39 is 0 Å². The van der Waals surface area contributed by atoms with E-state index in [1.54, 1.807) is 29.5 Å². The Morgan fingerprint density at radius 3 is 3.05 bits per heavy atom. The predicted molar refractivity (Wildman–Crippen MR) is 79.6 cm³/mol. The Bertz CT molecular complexity index is 736. The van der Waals surface area contributed by atoms with E-state index in [9.17, 15) is 9.18 Å². The molecule has 0 saturated carbocycles. The van der Waals surface area contributed by atoms with Crippen LogP contribution in [0.5, 0.6) is 0 Å². The lowest BCUT2D eigenvalue weighted by atomic mass is 10.1. The third-order valence-corrected chi connectivity index (χ3v) is 3.96. The lowest BCUT2D eigenvalue weighted by Gasteiger charge is -2.04. The molecule has 6 heteroatoms. The molecule has 0 atom stereocenters. The molecule has 4 nitrogen and oxygen atoms in total. The van der Waals surface area contributed by atoms with Crippen LogP contribution in [0.4, 0.5) is 4.39 Å². The molecule has 0 fully saturated rings. The van der Waals surface area contributed by atoms with Gasteiger partial charge in [-0.25, -0.2) is 9.37 Å². The first-order valence-corrected chi connectivity index (χ1v) is 7.51. The fourth-order valence-corrected chi connectivity index (χ4v) is 2.81. The minimum absolute atomic E-state index is 0.102. The summed E-state index contributed by atoms with van der Waals surface area (Å²) in [6, 6.07) is 6.52. The number of aryl methyl sites for hydroxylation is 1. The molecule has 2 heterocycles. The van der Waals surface area contributed by atoms with Gasteiger partial charge in [-0.15, -0.1) is 11.3 Å². The molecule has 0 aliphatic carbocycles. The number of carbonyl (C=O) groups excluding carboxylic acids is 1. The predicted octanol–water partition coefficient (Wildman–Crippen LogP) is 2.78. The number of nitrogens with one attached hydrogen (secondary N) is 1. The van der Waals surface area contributed by atoms with Gasteiger partial charge in [-0.2, -0.15) is 0 Å². The Balaban J connectivity index is 1.50. The molecule has 3 rings (SSSR count). The summed E-state index contributed by atoms with van der Waals surface area (Å²) in [6.45, 7) is 0.393. The van der Waals surface area contributed by atoms with Crippen molar-refractivity contribution in [3.63, 3.8) is 0 Å². The van der Waals surface area contributed by atoms with E-state index in [-0.39, 0.29) is 18.1 Å². The molecular formula is C15H14FN3OS. The summed E-state index contributed by atoms with van der Waals surface area (Å²) in [5.74, 6) is -0.366. The quantitative estimate of drug-likeness (QED) is 0.788. The van der Waals surface area contributed by atoms with E-state index in [4.69, 9.17) is 0 Å². The van der Waals surface area contributed by atoms with Crippen LogP contribution in [-0.4, -0.2) is 15.3 Å². The van der Waals surface area contributed by atoms with E-state index in [1.165, 1.54) is 6.07 Å². The van der Waals surface area contributed by atoms with Crippen LogP contribution in [0, 0.1) is 5.82 Å². The number of benzene rings is 1. The average Bonchev–Trinajstić information content (AvgIpc) is 3.05. The molecule has 0 radical (unpaired) electrons. The third-order valence-electron chi connectivity index (χ3n) is 3.19. The third kappa shape index (κ3) is 3.28. The highest BCUT2D eigenvalue weighted by molar-refractivity contribution is 7.15. The molecule has 3 aromatic rings. The van der Waals surface area contributed by atoms with E-state index >= 15 is 0 Å². The standard InChI is InChI=1S/C15H14FN3OS/c16-13-4-2-1-3-11(13)5-6-14(20)17-9-12-10-19-7-8-21-15(19)18-12/h1-4,7-8,10H,5-6,9H2,(H,17,20). The molecular weight excluding hydrogens is 289 g/mol. The highest BCUT2D eigenvalue weighted by atomic mass is 32.1. The van der Waals surface area contributed by atoms with Gasteiger partial charge in [0.2, 0.25) is 5.91 Å². The van der Waals surface area contributed by atoms with Gasteiger partial charge in [-0.05, 0) is 18.1 Å². The van der Waals surface area contributed by atoms with Crippen LogP contribution >= 0.6 is 11.3 Å². The number of imidazole rings is 1.